The number of nitrogens with zero attached hydrogens (tertiary/aromatic N) is 1. The quantitative estimate of drug-likeness (QED) is 0.512. The van der Waals surface area contributed by atoms with Gasteiger partial charge in [-0.15, -0.1) is 0 Å². The Morgan fingerprint density at radius 1 is 1.53 bits per heavy atom. The van der Waals surface area contributed by atoms with Gasteiger partial charge in [0, 0.05) is 14.5 Å². The Labute approximate surface area is 95.1 Å². The smallest absolute Gasteiger partial charge is 0.235 e. The van der Waals surface area contributed by atoms with Gasteiger partial charge >= 0.3 is 0 Å². The van der Waals surface area contributed by atoms with E-state index in [1.807, 2.05) is 0 Å². The number of hydrogen-bond acceptors (Lipinski definition) is 2. The van der Waals surface area contributed by atoms with E-state index in [-0.39, 0.29) is 7.03 Å². The molecule has 0 aromatic rings. The maximum absolute atomic E-state index is 5.84. The van der Waals surface area contributed by atoms with E-state index in [1.54, 1.807) is 0 Å². The van der Waals surface area contributed by atoms with Crippen molar-refractivity contribution >= 4 is 0 Å². The lowest BCUT2D eigenvalue weighted by atomic mass is 10.0. The van der Waals surface area contributed by atoms with Crippen LogP contribution in [-0.2, 0) is 4.74 Å². The van der Waals surface area contributed by atoms with E-state index < -0.39 is 0 Å². The average molecular weight is 211 g/mol. The number of hydrogen-bond donors (Lipinski definition) is 0. The van der Waals surface area contributed by atoms with Gasteiger partial charge in [-0.05, 0) is 39.5 Å². The third kappa shape index (κ3) is 4.01. The molecule has 1 aliphatic heterocycles. The van der Waals surface area contributed by atoms with Crippen molar-refractivity contribution in [2.24, 2.45) is 5.92 Å². The molecule has 1 saturated heterocycles. The van der Waals surface area contributed by atoms with E-state index in [9.17, 15) is 0 Å². The van der Waals surface area contributed by atoms with Gasteiger partial charge in [0.2, 0.25) is 5.88 Å². The highest BCUT2D eigenvalue weighted by molar-refractivity contribution is 4.93. The maximum Gasteiger partial charge on any atom is 0.235 e. The summed E-state index contributed by atoms with van der Waals surface area (Å²) < 4.78 is 5.84. The monoisotopic (exact) mass is 211 g/mol. The van der Waals surface area contributed by atoms with Gasteiger partial charge in [-0.3, -0.25) is 0 Å². The summed E-state index contributed by atoms with van der Waals surface area (Å²) in [4.78, 5) is 2.26. The summed E-state index contributed by atoms with van der Waals surface area (Å²) in [5.41, 5.74) is 2.75. The molecule has 0 saturated carbocycles. The topological polar surface area (TPSA) is 12.5 Å². The van der Waals surface area contributed by atoms with Gasteiger partial charge < -0.3 is 9.64 Å². The zero-order valence-electron chi connectivity index (χ0n) is 10.5. The van der Waals surface area contributed by atoms with Gasteiger partial charge in [-0.25, -0.2) is 0 Å². The fourth-order valence-corrected chi connectivity index (χ4v) is 1.88. The van der Waals surface area contributed by atoms with Gasteiger partial charge in [0.25, 0.3) is 0 Å². The summed E-state index contributed by atoms with van der Waals surface area (Å²) in [6.45, 7) is 14.3. The van der Waals surface area contributed by atoms with Gasteiger partial charge in [0.15, 0.2) is 0 Å². The SMILES string of the molecule is C=C=C(OC(C)(C)C)N1CCC[C@@H](C)C1.[HH]. The third-order valence-electron chi connectivity index (χ3n) is 2.50. The lowest BCUT2D eigenvalue weighted by Crippen LogP contribution is -2.36. The summed E-state index contributed by atoms with van der Waals surface area (Å²) in [6.07, 6.45) is 2.55. The Morgan fingerprint density at radius 3 is 2.67 bits per heavy atom. The Balaban J connectivity index is 0.00000225. The molecule has 88 valence electrons. The molecule has 0 radical (unpaired) electrons. The van der Waals surface area contributed by atoms with E-state index in [2.05, 4.69) is 44.9 Å². The molecule has 15 heavy (non-hydrogen) atoms. The molecule has 1 fully saturated rings. The molecular weight excluding hydrogens is 186 g/mol. The molecule has 0 spiro atoms. The van der Waals surface area contributed by atoms with Crippen LogP contribution in [0.5, 0.6) is 0 Å². The molecule has 0 amide bonds. The summed E-state index contributed by atoms with van der Waals surface area (Å²) >= 11 is 0. The van der Waals surface area contributed by atoms with Crippen LogP contribution in [0, 0.1) is 5.92 Å². The second kappa shape index (κ2) is 4.76. The molecule has 1 heterocycles. The van der Waals surface area contributed by atoms with Crippen LogP contribution in [0.25, 0.3) is 0 Å². The molecule has 1 atom stereocenters. The van der Waals surface area contributed by atoms with E-state index >= 15 is 0 Å². The Morgan fingerprint density at radius 2 is 2.20 bits per heavy atom. The van der Waals surface area contributed by atoms with E-state index in [0.29, 0.717) is 0 Å². The van der Waals surface area contributed by atoms with Crippen molar-refractivity contribution < 1.29 is 6.16 Å². The molecule has 0 unspecified atom stereocenters. The maximum atomic E-state index is 5.84. The van der Waals surface area contributed by atoms with Crippen molar-refractivity contribution in [3.63, 3.8) is 0 Å². The van der Waals surface area contributed by atoms with Gasteiger partial charge in [-0.2, -0.15) is 0 Å². The van der Waals surface area contributed by atoms with Gasteiger partial charge in [0.05, 0.1) is 0 Å². The summed E-state index contributed by atoms with van der Waals surface area (Å²) in [6, 6.07) is 0. The van der Waals surface area contributed by atoms with Crippen LogP contribution in [0.3, 0.4) is 0 Å². The summed E-state index contributed by atoms with van der Waals surface area (Å²) in [5.74, 6) is 1.56. The van der Waals surface area contributed by atoms with Crippen molar-refractivity contribution in [2.75, 3.05) is 13.1 Å². The Bertz CT molecular complexity index is 264. The summed E-state index contributed by atoms with van der Waals surface area (Å²) in [7, 11) is 0. The van der Waals surface area contributed by atoms with E-state index in [4.69, 9.17) is 4.74 Å². The molecule has 0 bridgehead atoms. The molecule has 1 rings (SSSR count). The van der Waals surface area contributed by atoms with Crippen molar-refractivity contribution in [1.29, 1.82) is 0 Å². The fourth-order valence-electron chi connectivity index (χ4n) is 1.88. The largest absolute Gasteiger partial charge is 0.468 e. The van der Waals surface area contributed by atoms with Crippen LogP contribution >= 0.6 is 0 Å². The van der Waals surface area contributed by atoms with Crippen LogP contribution in [0.1, 0.15) is 42.0 Å². The second-order valence-corrected chi connectivity index (χ2v) is 5.39. The first-order valence-electron chi connectivity index (χ1n) is 5.76. The number of rotatable bonds is 2. The van der Waals surface area contributed by atoms with Crippen molar-refractivity contribution in [3.05, 3.63) is 18.2 Å². The van der Waals surface area contributed by atoms with Crippen molar-refractivity contribution in [2.45, 2.75) is 46.1 Å². The lowest BCUT2D eigenvalue weighted by Gasteiger charge is -2.35. The van der Waals surface area contributed by atoms with Crippen LogP contribution in [0.2, 0.25) is 0 Å². The first-order valence-corrected chi connectivity index (χ1v) is 5.76. The Hall–Kier alpha value is -0.880. The van der Waals surface area contributed by atoms with Gasteiger partial charge in [-0.1, -0.05) is 19.2 Å². The Kier molecular flexibility index (Phi) is 3.87. The highest BCUT2D eigenvalue weighted by Crippen LogP contribution is 2.22. The minimum absolute atomic E-state index is 0. The first-order chi connectivity index (χ1) is 6.92. The highest BCUT2D eigenvalue weighted by atomic mass is 16.5. The molecule has 1 aliphatic rings. The standard InChI is InChI=1S/C13H23NO.H2/c1-6-12(15-13(3,4)5)14-9-7-8-11(2)10-14;/h11H,1,7-10H2,2-5H3;1H/t11-;/m1./s1. The molecule has 0 aromatic heterocycles. The average Bonchev–Trinajstić information content (AvgIpc) is 2.13. The second-order valence-electron chi connectivity index (χ2n) is 5.39. The van der Waals surface area contributed by atoms with Crippen LogP contribution in [0.4, 0.5) is 0 Å². The number of likely N-dealkylation sites (tertiary alicyclic amines) is 1. The molecule has 2 heteroatoms. The predicted molar refractivity (Wildman–Crippen MR) is 65.6 cm³/mol. The van der Waals surface area contributed by atoms with Crippen molar-refractivity contribution in [3.8, 4) is 0 Å². The van der Waals surface area contributed by atoms with E-state index in [1.165, 1.54) is 12.8 Å². The molecule has 0 N–H and O–H groups in total. The number of ether oxygens (including phenoxy) is 1. The predicted octanol–water partition coefficient (Wildman–Crippen LogP) is 3.41. The zero-order chi connectivity index (χ0) is 11.5. The van der Waals surface area contributed by atoms with Crippen LogP contribution < -0.4 is 0 Å². The molecule has 0 aliphatic carbocycles. The first kappa shape index (κ1) is 12.2. The third-order valence-corrected chi connectivity index (χ3v) is 2.50. The van der Waals surface area contributed by atoms with E-state index in [0.717, 1.165) is 24.9 Å². The number of piperidine rings is 1. The van der Waals surface area contributed by atoms with Gasteiger partial charge in [0.1, 0.15) is 5.60 Å². The normalized spacial score (nSPS) is 22.1. The molecule has 2 nitrogen and oxygen atoms in total. The minimum atomic E-state index is -0.166. The van der Waals surface area contributed by atoms with Crippen molar-refractivity contribution in [1.82, 2.24) is 4.90 Å². The highest BCUT2D eigenvalue weighted by Gasteiger charge is 2.22. The van der Waals surface area contributed by atoms with Crippen LogP contribution in [0.15, 0.2) is 18.2 Å². The zero-order valence-corrected chi connectivity index (χ0v) is 10.5. The van der Waals surface area contributed by atoms with Crippen LogP contribution in [-0.4, -0.2) is 23.6 Å². The lowest BCUT2D eigenvalue weighted by molar-refractivity contribution is -0.00719. The molecular formula is C13H25NO. The molecule has 0 aromatic carbocycles. The minimum Gasteiger partial charge on any atom is -0.468 e. The summed E-state index contributed by atoms with van der Waals surface area (Å²) in [5, 5.41) is 0. The fraction of sp³-hybridized carbons (Fsp3) is 0.769.